The first kappa shape index (κ1) is 10.4. The van der Waals surface area contributed by atoms with E-state index in [0.29, 0.717) is 6.04 Å². The molecule has 1 aliphatic carbocycles. The summed E-state index contributed by atoms with van der Waals surface area (Å²) >= 11 is 0. The Bertz CT molecular complexity index is 201. The first-order valence-electron chi connectivity index (χ1n) is 5.56. The molecule has 1 atom stereocenters. The molecule has 0 aromatic carbocycles. The molecule has 1 spiro atoms. The molecule has 3 heteroatoms. The Labute approximate surface area is 86.4 Å². The zero-order valence-corrected chi connectivity index (χ0v) is 9.45. The van der Waals surface area contributed by atoms with Crippen molar-refractivity contribution in [3.63, 3.8) is 0 Å². The van der Waals surface area contributed by atoms with Gasteiger partial charge in [0.1, 0.15) is 0 Å². The average molecular weight is 199 g/mol. The van der Waals surface area contributed by atoms with Gasteiger partial charge in [0.15, 0.2) is 0 Å². The number of hydrogen-bond donors (Lipinski definition) is 0. The van der Waals surface area contributed by atoms with Crippen LogP contribution in [0, 0.1) is 0 Å². The molecule has 2 rings (SSSR count). The lowest BCUT2D eigenvalue weighted by Gasteiger charge is -2.28. The van der Waals surface area contributed by atoms with E-state index in [2.05, 4.69) is 18.7 Å². The van der Waals surface area contributed by atoms with Crippen molar-refractivity contribution in [2.24, 2.45) is 0 Å². The van der Waals surface area contributed by atoms with E-state index in [1.807, 2.05) is 0 Å². The van der Waals surface area contributed by atoms with Crippen LogP contribution in [0.1, 0.15) is 26.7 Å². The Morgan fingerprint density at radius 3 is 2.64 bits per heavy atom. The summed E-state index contributed by atoms with van der Waals surface area (Å²) in [7, 11) is 1.78. The van der Waals surface area contributed by atoms with Gasteiger partial charge >= 0.3 is 0 Å². The van der Waals surface area contributed by atoms with Crippen LogP contribution in [-0.4, -0.2) is 49.5 Å². The van der Waals surface area contributed by atoms with Crippen LogP contribution < -0.4 is 0 Å². The third-order valence-electron chi connectivity index (χ3n) is 3.38. The van der Waals surface area contributed by atoms with Gasteiger partial charge in [0.05, 0.1) is 18.3 Å². The lowest BCUT2D eigenvalue weighted by molar-refractivity contribution is -0.0168. The van der Waals surface area contributed by atoms with Crippen LogP contribution in [0.4, 0.5) is 0 Å². The topological polar surface area (TPSA) is 21.7 Å². The zero-order valence-electron chi connectivity index (χ0n) is 9.45. The fourth-order valence-corrected chi connectivity index (χ4v) is 2.04. The van der Waals surface area contributed by atoms with Gasteiger partial charge in [-0.3, -0.25) is 4.90 Å². The third kappa shape index (κ3) is 2.10. The predicted octanol–water partition coefficient (Wildman–Crippen LogP) is 1.27. The fraction of sp³-hybridized carbons (Fsp3) is 1.00. The van der Waals surface area contributed by atoms with Gasteiger partial charge in [-0.1, -0.05) is 0 Å². The van der Waals surface area contributed by atoms with Gasteiger partial charge in [0, 0.05) is 26.2 Å². The first-order valence-corrected chi connectivity index (χ1v) is 5.56. The summed E-state index contributed by atoms with van der Waals surface area (Å²) in [5, 5.41) is 0. The molecule has 0 amide bonds. The van der Waals surface area contributed by atoms with Crippen LogP contribution in [0.3, 0.4) is 0 Å². The molecule has 1 aliphatic heterocycles. The Morgan fingerprint density at radius 2 is 2.14 bits per heavy atom. The molecular weight excluding hydrogens is 178 g/mol. The standard InChI is InChI=1S/C11H21NO2/c1-9(2)12-6-10(13-3)7-14-11(8-12)4-5-11/h9-10H,4-8H2,1-3H3/t10-/m1/s1. The molecule has 3 nitrogen and oxygen atoms in total. The molecule has 2 fully saturated rings. The van der Waals surface area contributed by atoms with Gasteiger partial charge in [0.25, 0.3) is 0 Å². The quantitative estimate of drug-likeness (QED) is 0.668. The van der Waals surface area contributed by atoms with E-state index in [4.69, 9.17) is 9.47 Å². The number of ether oxygens (including phenoxy) is 2. The van der Waals surface area contributed by atoms with Gasteiger partial charge in [-0.2, -0.15) is 0 Å². The maximum Gasteiger partial charge on any atom is 0.0931 e. The molecular formula is C11H21NO2. The Hall–Kier alpha value is -0.120. The minimum atomic E-state index is 0.192. The number of hydrogen-bond acceptors (Lipinski definition) is 3. The number of rotatable bonds is 2. The molecule has 0 unspecified atom stereocenters. The molecule has 0 aromatic heterocycles. The van der Waals surface area contributed by atoms with Gasteiger partial charge in [-0.25, -0.2) is 0 Å². The maximum atomic E-state index is 5.92. The van der Waals surface area contributed by atoms with Gasteiger partial charge in [-0.15, -0.1) is 0 Å². The first-order chi connectivity index (χ1) is 6.65. The summed E-state index contributed by atoms with van der Waals surface area (Å²) < 4.78 is 11.3. The minimum absolute atomic E-state index is 0.192. The van der Waals surface area contributed by atoms with Crippen LogP contribution in [0.15, 0.2) is 0 Å². The smallest absolute Gasteiger partial charge is 0.0931 e. The molecule has 1 saturated carbocycles. The molecule has 1 saturated heterocycles. The monoisotopic (exact) mass is 199 g/mol. The molecule has 82 valence electrons. The highest BCUT2D eigenvalue weighted by atomic mass is 16.5. The summed E-state index contributed by atoms with van der Waals surface area (Å²) in [4.78, 5) is 2.48. The molecule has 14 heavy (non-hydrogen) atoms. The second kappa shape index (κ2) is 3.80. The van der Waals surface area contributed by atoms with Crippen LogP contribution in [0.25, 0.3) is 0 Å². The minimum Gasteiger partial charge on any atom is -0.378 e. The van der Waals surface area contributed by atoms with Crippen LogP contribution in [-0.2, 0) is 9.47 Å². The van der Waals surface area contributed by atoms with Crippen LogP contribution in [0.5, 0.6) is 0 Å². The Morgan fingerprint density at radius 1 is 1.43 bits per heavy atom. The fourth-order valence-electron chi connectivity index (χ4n) is 2.04. The van der Waals surface area contributed by atoms with Crippen molar-refractivity contribution in [2.75, 3.05) is 26.8 Å². The van der Waals surface area contributed by atoms with Crippen LogP contribution >= 0.6 is 0 Å². The molecule has 1 heterocycles. The maximum absolute atomic E-state index is 5.92. The lowest BCUT2D eigenvalue weighted by Crippen LogP contribution is -2.40. The summed E-state index contributed by atoms with van der Waals surface area (Å²) in [6.07, 6.45) is 2.71. The Balaban J connectivity index is 2.01. The van der Waals surface area contributed by atoms with Gasteiger partial charge < -0.3 is 9.47 Å². The highest BCUT2D eigenvalue weighted by Crippen LogP contribution is 2.42. The molecule has 0 radical (unpaired) electrons. The van der Waals surface area contributed by atoms with E-state index in [0.717, 1.165) is 19.7 Å². The van der Waals surface area contributed by atoms with Gasteiger partial charge in [-0.05, 0) is 26.7 Å². The second-order valence-electron chi connectivity index (χ2n) is 4.87. The van der Waals surface area contributed by atoms with E-state index in [1.54, 1.807) is 7.11 Å². The van der Waals surface area contributed by atoms with Crippen molar-refractivity contribution < 1.29 is 9.47 Å². The van der Waals surface area contributed by atoms with Crippen molar-refractivity contribution in [1.82, 2.24) is 4.90 Å². The number of methoxy groups -OCH3 is 1. The van der Waals surface area contributed by atoms with E-state index < -0.39 is 0 Å². The SMILES string of the molecule is CO[C@H]1COC2(CC2)CN(C(C)C)C1. The average Bonchev–Trinajstić information content (AvgIpc) is 2.93. The van der Waals surface area contributed by atoms with E-state index in [-0.39, 0.29) is 11.7 Å². The predicted molar refractivity (Wildman–Crippen MR) is 55.4 cm³/mol. The van der Waals surface area contributed by atoms with Crippen LogP contribution in [0.2, 0.25) is 0 Å². The van der Waals surface area contributed by atoms with Crippen molar-refractivity contribution in [3.05, 3.63) is 0 Å². The van der Waals surface area contributed by atoms with E-state index >= 15 is 0 Å². The lowest BCUT2D eigenvalue weighted by atomic mass is 10.2. The van der Waals surface area contributed by atoms with Crippen molar-refractivity contribution >= 4 is 0 Å². The number of nitrogens with zero attached hydrogens (tertiary/aromatic N) is 1. The van der Waals surface area contributed by atoms with E-state index in [9.17, 15) is 0 Å². The van der Waals surface area contributed by atoms with E-state index in [1.165, 1.54) is 12.8 Å². The highest BCUT2D eigenvalue weighted by Gasteiger charge is 2.47. The summed E-state index contributed by atoms with van der Waals surface area (Å²) in [6.45, 7) is 7.35. The van der Waals surface area contributed by atoms with Crippen molar-refractivity contribution in [3.8, 4) is 0 Å². The highest BCUT2D eigenvalue weighted by molar-refractivity contribution is 5.00. The normalized spacial score (nSPS) is 32.1. The van der Waals surface area contributed by atoms with Crippen molar-refractivity contribution in [2.45, 2.75) is 44.4 Å². The molecule has 0 bridgehead atoms. The summed E-state index contributed by atoms with van der Waals surface area (Å²) in [5.41, 5.74) is 0.192. The Kier molecular flexibility index (Phi) is 2.82. The zero-order chi connectivity index (χ0) is 10.2. The molecule has 0 N–H and O–H groups in total. The largest absolute Gasteiger partial charge is 0.378 e. The second-order valence-corrected chi connectivity index (χ2v) is 4.87. The molecule has 2 aliphatic rings. The summed E-state index contributed by atoms with van der Waals surface area (Å²) in [5.74, 6) is 0. The third-order valence-corrected chi connectivity index (χ3v) is 3.38. The van der Waals surface area contributed by atoms with Gasteiger partial charge in [0.2, 0.25) is 0 Å². The van der Waals surface area contributed by atoms with Crippen molar-refractivity contribution in [1.29, 1.82) is 0 Å². The molecule has 0 aromatic rings. The summed E-state index contributed by atoms with van der Waals surface area (Å²) in [6, 6.07) is 0.590.